The van der Waals surface area contributed by atoms with Gasteiger partial charge in [-0.15, -0.1) is 0 Å². The number of thioether (sulfide) groups is 2. The van der Waals surface area contributed by atoms with E-state index in [-0.39, 0.29) is 0 Å². The predicted octanol–water partition coefficient (Wildman–Crippen LogP) is 2.47. The topological polar surface area (TPSA) is 12.0 Å². The molecule has 0 amide bonds. The summed E-state index contributed by atoms with van der Waals surface area (Å²) >= 11 is 3.86. The van der Waals surface area contributed by atoms with Crippen LogP contribution in [0.5, 0.6) is 0 Å². The first kappa shape index (κ1) is 12.7. The molecule has 0 rings (SSSR count). The van der Waals surface area contributed by atoms with Gasteiger partial charge in [0.1, 0.15) is 0 Å². The van der Waals surface area contributed by atoms with Crippen LogP contribution in [0.4, 0.5) is 0 Å². The van der Waals surface area contributed by atoms with Gasteiger partial charge in [0.05, 0.1) is 0 Å². The van der Waals surface area contributed by atoms with Crippen molar-refractivity contribution in [2.45, 2.75) is 19.3 Å². The van der Waals surface area contributed by atoms with Gasteiger partial charge in [-0.05, 0) is 37.7 Å². The van der Waals surface area contributed by atoms with Crippen LogP contribution in [0.1, 0.15) is 19.3 Å². The van der Waals surface area contributed by atoms with E-state index in [0.717, 1.165) is 0 Å². The van der Waals surface area contributed by atoms with E-state index in [1.165, 1.54) is 43.9 Å². The molecule has 0 aliphatic rings. The molecule has 0 spiro atoms. The summed E-state index contributed by atoms with van der Waals surface area (Å²) in [6.07, 6.45) is 8.43. The fourth-order valence-electron chi connectivity index (χ4n) is 0.972. The van der Waals surface area contributed by atoms with Gasteiger partial charge in [0.2, 0.25) is 0 Å². The molecule has 0 fully saturated rings. The van der Waals surface area contributed by atoms with Crippen molar-refractivity contribution in [1.29, 1.82) is 0 Å². The third kappa shape index (κ3) is 10.7. The summed E-state index contributed by atoms with van der Waals surface area (Å²) in [5, 5.41) is 3.44. The molecule has 74 valence electrons. The van der Waals surface area contributed by atoms with Crippen LogP contribution in [0.15, 0.2) is 0 Å². The highest BCUT2D eigenvalue weighted by molar-refractivity contribution is 7.98. The molecule has 0 bridgehead atoms. The van der Waals surface area contributed by atoms with E-state index in [0.29, 0.717) is 0 Å². The van der Waals surface area contributed by atoms with E-state index in [1.807, 2.05) is 23.5 Å². The lowest BCUT2D eigenvalue weighted by molar-refractivity contribution is 0.638. The Morgan fingerprint density at radius 2 is 1.58 bits per heavy atom. The van der Waals surface area contributed by atoms with E-state index in [1.54, 1.807) is 0 Å². The highest BCUT2D eigenvalue weighted by atomic mass is 32.2. The molecule has 0 aromatic rings. The van der Waals surface area contributed by atoms with Crippen molar-refractivity contribution >= 4 is 23.5 Å². The van der Waals surface area contributed by atoms with Gasteiger partial charge >= 0.3 is 0 Å². The predicted molar refractivity (Wildman–Crippen MR) is 63.5 cm³/mol. The summed E-state index contributed by atoms with van der Waals surface area (Å²) in [7, 11) is 0. The van der Waals surface area contributed by atoms with E-state index < -0.39 is 0 Å². The number of nitrogens with one attached hydrogen (secondary N) is 1. The van der Waals surface area contributed by atoms with Crippen molar-refractivity contribution in [3.05, 3.63) is 0 Å². The molecule has 0 aromatic heterocycles. The van der Waals surface area contributed by atoms with Crippen molar-refractivity contribution in [2.24, 2.45) is 0 Å². The minimum Gasteiger partial charge on any atom is -0.316 e. The van der Waals surface area contributed by atoms with Crippen molar-refractivity contribution in [3.63, 3.8) is 0 Å². The molecule has 0 aliphatic carbocycles. The average molecular weight is 207 g/mol. The Morgan fingerprint density at radius 1 is 0.833 bits per heavy atom. The van der Waals surface area contributed by atoms with E-state index in [2.05, 4.69) is 17.8 Å². The number of hydrogen-bond acceptors (Lipinski definition) is 3. The summed E-state index contributed by atoms with van der Waals surface area (Å²) < 4.78 is 0. The lowest BCUT2D eigenvalue weighted by Gasteiger charge is -2.02. The lowest BCUT2D eigenvalue weighted by atomic mass is 10.2. The molecular weight excluding hydrogens is 186 g/mol. The van der Waals surface area contributed by atoms with Crippen molar-refractivity contribution in [3.8, 4) is 0 Å². The summed E-state index contributed by atoms with van der Waals surface area (Å²) in [5.41, 5.74) is 0. The Labute approximate surface area is 85.5 Å². The van der Waals surface area contributed by atoms with Crippen LogP contribution >= 0.6 is 23.5 Å². The van der Waals surface area contributed by atoms with Crippen LogP contribution in [0, 0.1) is 0 Å². The van der Waals surface area contributed by atoms with Crippen LogP contribution < -0.4 is 5.32 Å². The minimum absolute atomic E-state index is 1.17. The summed E-state index contributed by atoms with van der Waals surface area (Å²) in [4.78, 5) is 0. The molecule has 0 saturated heterocycles. The van der Waals surface area contributed by atoms with Gasteiger partial charge in [0.25, 0.3) is 0 Å². The van der Waals surface area contributed by atoms with E-state index >= 15 is 0 Å². The summed E-state index contributed by atoms with van der Waals surface area (Å²) in [6, 6.07) is 0. The first-order chi connectivity index (χ1) is 5.91. The normalized spacial score (nSPS) is 10.5. The first-order valence-corrected chi connectivity index (χ1v) is 7.39. The van der Waals surface area contributed by atoms with Crippen molar-refractivity contribution in [1.82, 2.24) is 5.32 Å². The molecule has 0 atom stereocenters. The maximum absolute atomic E-state index is 3.44. The lowest BCUT2D eigenvalue weighted by Crippen LogP contribution is -2.18. The van der Waals surface area contributed by atoms with Gasteiger partial charge in [-0.1, -0.05) is 6.42 Å². The largest absolute Gasteiger partial charge is 0.316 e. The van der Waals surface area contributed by atoms with E-state index in [9.17, 15) is 0 Å². The molecule has 0 saturated carbocycles. The van der Waals surface area contributed by atoms with Crippen LogP contribution in [-0.2, 0) is 0 Å². The van der Waals surface area contributed by atoms with Crippen LogP contribution in [0.25, 0.3) is 0 Å². The third-order valence-electron chi connectivity index (χ3n) is 1.68. The number of hydrogen-bond donors (Lipinski definition) is 1. The molecule has 0 radical (unpaired) electrons. The molecule has 1 nitrogen and oxygen atoms in total. The zero-order valence-electron chi connectivity index (χ0n) is 8.27. The zero-order chi connectivity index (χ0) is 9.07. The third-order valence-corrected chi connectivity index (χ3v) is 2.99. The number of rotatable bonds is 9. The Hall–Kier alpha value is 0.660. The van der Waals surface area contributed by atoms with E-state index in [4.69, 9.17) is 0 Å². The Morgan fingerprint density at radius 3 is 2.25 bits per heavy atom. The van der Waals surface area contributed by atoms with Gasteiger partial charge in [-0.25, -0.2) is 0 Å². The summed E-state index contributed by atoms with van der Waals surface area (Å²) in [6.45, 7) is 2.37. The first-order valence-electron chi connectivity index (χ1n) is 4.60. The maximum Gasteiger partial charge on any atom is 0.00553 e. The Balaban J connectivity index is 2.73. The standard InChI is InChI=1S/C9H21NS2/c1-11-8-5-3-4-6-10-7-9-12-2/h10H,3-9H2,1-2H3. The highest BCUT2D eigenvalue weighted by Gasteiger charge is 1.88. The van der Waals surface area contributed by atoms with Gasteiger partial charge in [0, 0.05) is 12.3 Å². The quantitative estimate of drug-likeness (QED) is 0.583. The molecular formula is C9H21NS2. The molecule has 0 heterocycles. The fraction of sp³-hybridized carbons (Fsp3) is 1.00. The molecule has 0 aliphatic heterocycles. The second-order valence-electron chi connectivity index (χ2n) is 2.80. The van der Waals surface area contributed by atoms with Crippen molar-refractivity contribution < 1.29 is 0 Å². The SMILES string of the molecule is CSCCCCCNCCSC. The number of unbranched alkanes of at least 4 members (excludes halogenated alkanes) is 2. The summed E-state index contributed by atoms with van der Waals surface area (Å²) in [5.74, 6) is 2.57. The Kier molecular flexibility index (Phi) is 12.3. The smallest absolute Gasteiger partial charge is 0.00553 e. The minimum atomic E-state index is 1.17. The van der Waals surface area contributed by atoms with Crippen LogP contribution in [0.3, 0.4) is 0 Å². The molecule has 0 aromatic carbocycles. The second-order valence-corrected chi connectivity index (χ2v) is 4.77. The van der Waals surface area contributed by atoms with Gasteiger partial charge in [0.15, 0.2) is 0 Å². The fourth-order valence-corrected chi connectivity index (χ4v) is 1.81. The van der Waals surface area contributed by atoms with Gasteiger partial charge < -0.3 is 5.32 Å². The van der Waals surface area contributed by atoms with Crippen LogP contribution in [0.2, 0.25) is 0 Å². The molecule has 12 heavy (non-hydrogen) atoms. The average Bonchev–Trinajstić information content (AvgIpc) is 2.10. The molecule has 3 heteroatoms. The van der Waals surface area contributed by atoms with Crippen LogP contribution in [-0.4, -0.2) is 37.1 Å². The molecule has 0 unspecified atom stereocenters. The molecule has 1 N–H and O–H groups in total. The Bertz CT molecular complexity index is 68.9. The monoisotopic (exact) mass is 207 g/mol. The second kappa shape index (κ2) is 11.7. The van der Waals surface area contributed by atoms with Gasteiger partial charge in [-0.2, -0.15) is 23.5 Å². The van der Waals surface area contributed by atoms with Gasteiger partial charge in [-0.3, -0.25) is 0 Å². The highest BCUT2D eigenvalue weighted by Crippen LogP contribution is 2.01. The maximum atomic E-state index is 3.44. The van der Waals surface area contributed by atoms with Crippen molar-refractivity contribution in [2.75, 3.05) is 37.1 Å². The zero-order valence-corrected chi connectivity index (χ0v) is 9.90.